The molecular formula is C21H31N3O5S. The molecular weight excluding hydrogens is 406 g/mol. The second-order valence-electron chi connectivity index (χ2n) is 8.97. The lowest BCUT2D eigenvalue weighted by Crippen LogP contribution is -2.58. The molecule has 1 aromatic rings. The molecule has 4 rings (SSSR count). The van der Waals surface area contributed by atoms with Crippen LogP contribution in [0.4, 0.5) is 4.79 Å². The fraction of sp³-hybridized carbons (Fsp3) is 0.667. The van der Waals surface area contributed by atoms with E-state index in [2.05, 4.69) is 5.32 Å². The maximum Gasteiger partial charge on any atom is 0.317 e. The predicted octanol–water partition coefficient (Wildman–Crippen LogP) is 1.46. The quantitative estimate of drug-likeness (QED) is 0.728. The van der Waals surface area contributed by atoms with Crippen molar-refractivity contribution in [1.82, 2.24) is 14.5 Å². The van der Waals surface area contributed by atoms with Crippen LogP contribution in [-0.4, -0.2) is 80.4 Å². The molecule has 3 aliphatic heterocycles. The van der Waals surface area contributed by atoms with Gasteiger partial charge in [0, 0.05) is 26.2 Å². The number of nitrogens with one attached hydrogen (secondary N) is 1. The number of carbonyl (C=O) groups excluding carboxylic acids is 1. The third-order valence-electron chi connectivity index (χ3n) is 6.22. The summed E-state index contributed by atoms with van der Waals surface area (Å²) in [7, 11) is -1.76. The Morgan fingerprint density at radius 1 is 1.30 bits per heavy atom. The van der Waals surface area contributed by atoms with E-state index in [9.17, 15) is 13.2 Å². The van der Waals surface area contributed by atoms with Crippen molar-refractivity contribution in [2.24, 2.45) is 5.92 Å². The Morgan fingerprint density at radius 3 is 2.70 bits per heavy atom. The zero-order valence-electron chi connectivity index (χ0n) is 17.8. The minimum atomic E-state index is -3.39. The van der Waals surface area contributed by atoms with Gasteiger partial charge in [0.05, 0.1) is 19.8 Å². The Bertz CT molecular complexity index is 888. The van der Waals surface area contributed by atoms with Crippen molar-refractivity contribution >= 4 is 16.1 Å². The average Bonchev–Trinajstić information content (AvgIpc) is 3.07. The molecule has 2 amide bonds. The lowest BCUT2D eigenvalue weighted by atomic mass is 9.99. The summed E-state index contributed by atoms with van der Waals surface area (Å²) in [6.07, 6.45) is 0.965. The van der Waals surface area contributed by atoms with Gasteiger partial charge in [0.1, 0.15) is 16.6 Å². The normalized spacial score (nSPS) is 29.8. The van der Waals surface area contributed by atoms with Gasteiger partial charge in [-0.2, -0.15) is 4.31 Å². The van der Waals surface area contributed by atoms with Gasteiger partial charge in [-0.05, 0) is 36.5 Å². The first kappa shape index (κ1) is 21.4. The molecule has 3 heterocycles. The van der Waals surface area contributed by atoms with Crippen molar-refractivity contribution in [3.63, 3.8) is 0 Å². The predicted molar refractivity (Wildman–Crippen MR) is 113 cm³/mol. The molecule has 2 bridgehead atoms. The molecule has 30 heavy (non-hydrogen) atoms. The standard InChI is InChI=1S/C21H31N3O5S/c1-15(2)11-24-14-21-13-23(12-18(29-21)10-19(21)30(24,26)27)20(25)22-9-8-16-4-6-17(28-3)7-5-16/h4-7,15,18-19H,8-14H2,1-3H3,(H,22,25)/t18-,19+,21+/m1/s1. The van der Waals surface area contributed by atoms with Crippen molar-refractivity contribution in [3.8, 4) is 5.75 Å². The summed E-state index contributed by atoms with van der Waals surface area (Å²) < 4.78 is 38.9. The lowest BCUT2D eigenvalue weighted by molar-refractivity contribution is -0.0957. The Balaban J connectivity index is 1.37. The van der Waals surface area contributed by atoms with Crippen LogP contribution >= 0.6 is 0 Å². The van der Waals surface area contributed by atoms with E-state index in [1.807, 2.05) is 38.1 Å². The van der Waals surface area contributed by atoms with Gasteiger partial charge in [0.2, 0.25) is 10.0 Å². The number of carbonyl (C=O) groups is 1. The van der Waals surface area contributed by atoms with Crippen LogP contribution in [0.2, 0.25) is 0 Å². The molecule has 0 saturated carbocycles. The molecule has 9 heteroatoms. The van der Waals surface area contributed by atoms with E-state index in [-0.39, 0.29) is 18.1 Å². The van der Waals surface area contributed by atoms with Crippen LogP contribution in [0.15, 0.2) is 24.3 Å². The SMILES string of the molecule is COc1ccc(CCNC(=O)N2C[C@H]3C[C@H]4[C@](C2)(CN(CC(C)C)S4(=O)=O)O3)cc1. The molecule has 1 aromatic carbocycles. The van der Waals surface area contributed by atoms with E-state index >= 15 is 0 Å². The van der Waals surface area contributed by atoms with Gasteiger partial charge in [-0.1, -0.05) is 26.0 Å². The van der Waals surface area contributed by atoms with Crippen molar-refractivity contribution in [2.45, 2.75) is 43.6 Å². The van der Waals surface area contributed by atoms with Crippen LogP contribution in [0.1, 0.15) is 25.8 Å². The molecule has 0 unspecified atom stereocenters. The Labute approximate surface area is 178 Å². The van der Waals surface area contributed by atoms with E-state index in [1.54, 1.807) is 16.3 Å². The number of nitrogens with zero attached hydrogens (tertiary/aromatic N) is 2. The van der Waals surface area contributed by atoms with E-state index in [0.717, 1.165) is 11.3 Å². The average molecular weight is 438 g/mol. The number of ether oxygens (including phenoxy) is 2. The minimum Gasteiger partial charge on any atom is -0.497 e. The van der Waals surface area contributed by atoms with Crippen LogP contribution in [0.25, 0.3) is 0 Å². The smallest absolute Gasteiger partial charge is 0.317 e. The van der Waals surface area contributed by atoms with Gasteiger partial charge >= 0.3 is 6.03 Å². The Morgan fingerprint density at radius 2 is 2.03 bits per heavy atom. The molecule has 3 atom stereocenters. The van der Waals surface area contributed by atoms with Gasteiger partial charge < -0.3 is 19.7 Å². The van der Waals surface area contributed by atoms with E-state index in [4.69, 9.17) is 9.47 Å². The highest BCUT2D eigenvalue weighted by molar-refractivity contribution is 7.90. The van der Waals surface area contributed by atoms with Gasteiger partial charge in [-0.25, -0.2) is 13.2 Å². The van der Waals surface area contributed by atoms with Crippen LogP contribution in [0, 0.1) is 5.92 Å². The van der Waals surface area contributed by atoms with Crippen molar-refractivity contribution in [3.05, 3.63) is 29.8 Å². The lowest BCUT2D eigenvalue weighted by Gasteiger charge is -2.39. The largest absolute Gasteiger partial charge is 0.497 e. The molecule has 1 N–H and O–H groups in total. The number of morpholine rings is 1. The summed E-state index contributed by atoms with van der Waals surface area (Å²) in [4.78, 5) is 14.5. The number of hydrogen-bond donors (Lipinski definition) is 1. The number of benzene rings is 1. The number of methoxy groups -OCH3 is 1. The van der Waals surface area contributed by atoms with E-state index in [1.165, 1.54) is 0 Å². The minimum absolute atomic E-state index is 0.156. The van der Waals surface area contributed by atoms with Crippen LogP contribution in [0.3, 0.4) is 0 Å². The van der Waals surface area contributed by atoms with Crippen molar-refractivity contribution in [1.29, 1.82) is 0 Å². The maximum atomic E-state index is 13.0. The van der Waals surface area contributed by atoms with Crippen LogP contribution in [-0.2, 0) is 21.2 Å². The Kier molecular flexibility index (Phi) is 5.71. The zero-order valence-corrected chi connectivity index (χ0v) is 18.7. The molecule has 3 aliphatic rings. The number of amides is 2. The first-order valence-corrected chi connectivity index (χ1v) is 12.1. The third kappa shape index (κ3) is 3.90. The first-order valence-electron chi connectivity index (χ1n) is 10.6. The summed E-state index contributed by atoms with van der Waals surface area (Å²) in [6, 6.07) is 7.61. The van der Waals surface area contributed by atoms with E-state index < -0.39 is 20.9 Å². The summed E-state index contributed by atoms with van der Waals surface area (Å²) in [5.74, 6) is 1.05. The van der Waals surface area contributed by atoms with Crippen LogP contribution < -0.4 is 10.1 Å². The molecule has 166 valence electrons. The van der Waals surface area contributed by atoms with Gasteiger partial charge in [0.25, 0.3) is 0 Å². The monoisotopic (exact) mass is 437 g/mol. The summed E-state index contributed by atoms with van der Waals surface area (Å²) in [5.41, 5.74) is 0.312. The molecule has 8 nitrogen and oxygen atoms in total. The fourth-order valence-electron chi connectivity index (χ4n) is 4.89. The highest BCUT2D eigenvalue weighted by atomic mass is 32.2. The number of hydrogen-bond acceptors (Lipinski definition) is 5. The number of urea groups is 1. The second-order valence-corrected chi connectivity index (χ2v) is 11.1. The summed E-state index contributed by atoms with van der Waals surface area (Å²) in [5, 5.41) is 2.43. The highest BCUT2D eigenvalue weighted by Crippen LogP contribution is 2.46. The fourth-order valence-corrected chi connectivity index (χ4v) is 7.36. The van der Waals surface area contributed by atoms with Gasteiger partial charge in [-0.3, -0.25) is 0 Å². The summed E-state index contributed by atoms with van der Waals surface area (Å²) in [6.45, 7) is 6.11. The number of likely N-dealkylation sites (tertiary alicyclic amines) is 1. The molecule has 3 saturated heterocycles. The molecule has 0 aromatic heterocycles. The number of fused-ring (bicyclic) bond motifs is 1. The maximum absolute atomic E-state index is 13.0. The van der Waals surface area contributed by atoms with Gasteiger partial charge in [0.15, 0.2) is 0 Å². The molecule has 3 fully saturated rings. The van der Waals surface area contributed by atoms with Gasteiger partial charge in [-0.15, -0.1) is 0 Å². The van der Waals surface area contributed by atoms with E-state index in [0.29, 0.717) is 45.6 Å². The van der Waals surface area contributed by atoms with Crippen LogP contribution in [0.5, 0.6) is 5.75 Å². The highest BCUT2D eigenvalue weighted by Gasteiger charge is 2.65. The first-order chi connectivity index (χ1) is 14.2. The number of sulfonamides is 1. The third-order valence-corrected chi connectivity index (χ3v) is 8.56. The Hall–Kier alpha value is -1.84. The van der Waals surface area contributed by atoms with Crippen molar-refractivity contribution in [2.75, 3.05) is 39.8 Å². The van der Waals surface area contributed by atoms with Crippen molar-refractivity contribution < 1.29 is 22.7 Å². The molecule has 0 aliphatic carbocycles. The second kappa shape index (κ2) is 8.01. The molecule has 0 radical (unpaired) electrons. The summed E-state index contributed by atoms with van der Waals surface area (Å²) >= 11 is 0. The topological polar surface area (TPSA) is 88.2 Å². The number of rotatable bonds is 6. The zero-order chi connectivity index (χ0) is 21.5. The molecule has 1 spiro atoms.